The molecule has 1 fully saturated rings. The lowest BCUT2D eigenvalue weighted by molar-refractivity contribution is 0.140. The summed E-state index contributed by atoms with van der Waals surface area (Å²) >= 11 is 0. The Labute approximate surface area is 426 Å². The van der Waals surface area contributed by atoms with Crippen molar-refractivity contribution in [2.24, 2.45) is 17.6 Å². The van der Waals surface area contributed by atoms with E-state index < -0.39 is 24.3 Å². The van der Waals surface area contributed by atoms with E-state index in [9.17, 15) is 9.18 Å². The van der Waals surface area contributed by atoms with Gasteiger partial charge in [-0.15, -0.1) is 0 Å². The highest BCUT2D eigenvalue weighted by Gasteiger charge is 2.34. The number of alkyl halides is 1. The number of imidazole rings is 2. The molecule has 5 aromatic carbocycles. The summed E-state index contributed by atoms with van der Waals surface area (Å²) in [5.74, 6) is 1.99. The van der Waals surface area contributed by atoms with Crippen LogP contribution in [0.5, 0.6) is 5.75 Å². The molecule has 2 aliphatic heterocycles. The molecule has 0 bridgehead atoms. The average molecular weight is 986 g/mol. The highest BCUT2D eigenvalue weighted by Crippen LogP contribution is 2.48. The van der Waals surface area contributed by atoms with Gasteiger partial charge in [0, 0.05) is 53.8 Å². The van der Waals surface area contributed by atoms with Crippen LogP contribution in [-0.4, -0.2) is 91.9 Å². The molecule has 12 nitrogen and oxygen atoms in total. The van der Waals surface area contributed by atoms with E-state index in [2.05, 4.69) is 105 Å². The van der Waals surface area contributed by atoms with Gasteiger partial charge < -0.3 is 35.1 Å². The molecule has 0 radical (unpaired) electrons. The minimum absolute atomic E-state index is 0.0612. The molecule has 10 rings (SSSR count). The van der Waals surface area contributed by atoms with Gasteiger partial charge in [-0.1, -0.05) is 113 Å². The van der Waals surface area contributed by atoms with Crippen molar-refractivity contribution in [2.45, 2.75) is 84.5 Å². The lowest BCUT2D eigenvalue weighted by Crippen LogP contribution is -2.47. The summed E-state index contributed by atoms with van der Waals surface area (Å²) in [6, 6.07) is 38.9. The van der Waals surface area contributed by atoms with Gasteiger partial charge in [-0.3, -0.25) is 9.80 Å². The molecule has 2 aliphatic rings. The summed E-state index contributed by atoms with van der Waals surface area (Å²) < 4.78 is 45.5. The van der Waals surface area contributed by atoms with Crippen molar-refractivity contribution in [1.29, 1.82) is 0 Å². The molecule has 1 amide bonds. The van der Waals surface area contributed by atoms with E-state index in [1.807, 2.05) is 61.2 Å². The number of rotatable bonds is 17. The van der Waals surface area contributed by atoms with Crippen molar-refractivity contribution >= 4 is 17.0 Å². The third-order valence-electron chi connectivity index (χ3n) is 14.6. The molecule has 73 heavy (non-hydrogen) atoms. The highest BCUT2D eigenvalue weighted by molar-refractivity contribution is 5.92. The number of nitrogens with one attached hydrogen (secondary N) is 3. The van der Waals surface area contributed by atoms with Gasteiger partial charge in [0.2, 0.25) is 6.23 Å². The number of aromatic amines is 2. The van der Waals surface area contributed by atoms with Crippen molar-refractivity contribution in [3.63, 3.8) is 0 Å². The zero-order valence-corrected chi connectivity index (χ0v) is 42.4. The van der Waals surface area contributed by atoms with Crippen LogP contribution >= 0.6 is 0 Å². The smallest absolute Gasteiger partial charge is 0.407 e. The van der Waals surface area contributed by atoms with E-state index in [-0.39, 0.29) is 30.6 Å². The molecular formula is C59H65F2N9O3. The fourth-order valence-corrected chi connectivity index (χ4v) is 10.4. The van der Waals surface area contributed by atoms with Crippen LogP contribution in [0, 0.1) is 17.7 Å². The fraction of sp³-hybridized carbons (Fsp3) is 0.339. The minimum atomic E-state index is -1.10. The second-order valence-electron chi connectivity index (χ2n) is 20.5. The number of aromatic nitrogens is 5. The number of carbonyl (C=O) groups is 1. The van der Waals surface area contributed by atoms with Crippen LogP contribution in [0.25, 0.3) is 66.9 Å². The molecule has 0 spiro atoms. The van der Waals surface area contributed by atoms with Gasteiger partial charge in [0.15, 0.2) is 0 Å². The number of fused-ring (bicyclic) bond motifs is 5. The maximum atomic E-state index is 17.0. The molecule has 5 atom stereocenters. The first-order valence-corrected chi connectivity index (χ1v) is 25.5. The monoisotopic (exact) mass is 986 g/mol. The standard InChI is InChI=1S/C59H65F2N9O3/c1-35(2)47(62)32-69-24-10-13-52(69)57-64-30-49(66-57)44-26-46(61)56-53-27-45-25-43(48-29-63-55(65-48)34-68(31-37(5)60)33-50(36(3)4)67-59(71)72-6)22-23-51(45)70(53)58(73-54(56)28-44)42-20-18-41(19-21-42)40-16-14-39(15-17-40)38-11-8-7-9-12-38/h7-9,11-12,14-23,25-30,35-37,47,50,52,58H,10,13,24,31-34,62H2,1-6H3,(H,63,65)(H,64,66)(H,67,71). The second kappa shape index (κ2) is 21.1. The molecule has 0 aliphatic carbocycles. The van der Waals surface area contributed by atoms with Crippen LogP contribution < -0.4 is 15.8 Å². The molecule has 3 aromatic heterocycles. The molecule has 0 saturated carbocycles. The zero-order chi connectivity index (χ0) is 50.9. The Morgan fingerprint density at radius 3 is 2.18 bits per heavy atom. The quantitative estimate of drug-likeness (QED) is 0.0706. The van der Waals surface area contributed by atoms with Gasteiger partial charge in [0.25, 0.3) is 0 Å². The lowest BCUT2D eigenvalue weighted by atomic mass is 9.99. The molecule has 5 unspecified atom stereocenters. The third-order valence-corrected chi connectivity index (χ3v) is 14.6. The topological polar surface area (TPSA) is 142 Å². The second-order valence-corrected chi connectivity index (χ2v) is 20.5. The number of hydrogen-bond acceptors (Lipinski definition) is 8. The van der Waals surface area contributed by atoms with Crippen LogP contribution in [0.2, 0.25) is 0 Å². The van der Waals surface area contributed by atoms with Gasteiger partial charge in [0.1, 0.15) is 29.4 Å². The maximum absolute atomic E-state index is 17.0. The Kier molecular flexibility index (Phi) is 14.3. The van der Waals surface area contributed by atoms with Gasteiger partial charge in [-0.05, 0) is 90.7 Å². The van der Waals surface area contributed by atoms with Crippen molar-refractivity contribution < 1.29 is 23.0 Å². The number of halogens is 2. The van der Waals surface area contributed by atoms with Crippen LogP contribution in [0.15, 0.2) is 128 Å². The summed E-state index contributed by atoms with van der Waals surface area (Å²) in [5.41, 5.74) is 16.9. The molecular weight excluding hydrogens is 921 g/mol. The number of H-pyrrole nitrogens is 2. The van der Waals surface area contributed by atoms with Gasteiger partial charge in [-0.25, -0.2) is 23.5 Å². The summed E-state index contributed by atoms with van der Waals surface area (Å²) in [4.78, 5) is 33.1. The van der Waals surface area contributed by atoms with Crippen LogP contribution in [0.3, 0.4) is 0 Å². The Hall–Kier alpha value is -7.13. The summed E-state index contributed by atoms with van der Waals surface area (Å²) in [6.07, 6.45) is 3.36. The first kappa shape index (κ1) is 49.4. The largest absolute Gasteiger partial charge is 0.465 e. The lowest BCUT2D eigenvalue weighted by Gasteiger charge is -2.31. The third kappa shape index (κ3) is 10.6. The van der Waals surface area contributed by atoms with Crippen LogP contribution in [0.4, 0.5) is 13.6 Å². The highest BCUT2D eigenvalue weighted by atomic mass is 19.1. The molecule has 5 N–H and O–H groups in total. The Morgan fingerprint density at radius 2 is 1.49 bits per heavy atom. The molecule has 8 aromatic rings. The number of benzene rings is 5. The fourth-order valence-electron chi connectivity index (χ4n) is 10.4. The van der Waals surface area contributed by atoms with E-state index in [1.54, 1.807) is 18.5 Å². The number of nitrogens with zero attached hydrogens (tertiary/aromatic N) is 5. The van der Waals surface area contributed by atoms with E-state index >= 15 is 4.39 Å². The SMILES string of the molecule is COC(=O)NC(CN(Cc1ncc(-c2ccc3c(c2)cc2n3C(c3ccc(-c4ccc(-c5ccccc5)cc4)cc3)Oc3cc(-c4cnc(C5CCCN5CC(N)C(C)C)[nH]4)cc(F)c3-2)[nH]1)CC(C)F)C(C)C. The number of nitrogens with two attached hydrogens (primary N) is 1. The minimum Gasteiger partial charge on any atom is -0.465 e. The average Bonchev–Trinajstić information content (AvgIpc) is 4.23. The van der Waals surface area contributed by atoms with Gasteiger partial charge >= 0.3 is 6.09 Å². The first-order valence-electron chi connectivity index (χ1n) is 25.5. The molecule has 14 heteroatoms. The van der Waals surface area contributed by atoms with Crippen molar-refractivity contribution in [3.8, 4) is 61.8 Å². The van der Waals surface area contributed by atoms with Gasteiger partial charge in [-0.2, -0.15) is 0 Å². The van der Waals surface area contributed by atoms with E-state index in [4.69, 9.17) is 25.2 Å². The Balaban J connectivity index is 0.982. The Morgan fingerprint density at radius 1 is 0.822 bits per heavy atom. The predicted octanol–water partition coefficient (Wildman–Crippen LogP) is 12.2. The summed E-state index contributed by atoms with van der Waals surface area (Å²) in [7, 11) is 1.33. The number of alkyl carbamates (subject to hydrolysis) is 1. The zero-order valence-electron chi connectivity index (χ0n) is 42.4. The number of likely N-dealkylation sites (tertiary alicyclic amines) is 1. The van der Waals surface area contributed by atoms with Crippen molar-refractivity contribution in [2.75, 3.05) is 33.3 Å². The maximum Gasteiger partial charge on any atom is 0.407 e. The number of carbonyl (C=O) groups excluding carboxylic acids is 1. The van der Waals surface area contributed by atoms with Gasteiger partial charge in [0.05, 0.1) is 60.3 Å². The van der Waals surface area contributed by atoms with E-state index in [0.29, 0.717) is 53.1 Å². The number of ether oxygens (including phenoxy) is 2. The van der Waals surface area contributed by atoms with Crippen LogP contribution in [-0.2, 0) is 11.3 Å². The van der Waals surface area contributed by atoms with Crippen molar-refractivity contribution in [3.05, 3.63) is 151 Å². The van der Waals surface area contributed by atoms with Crippen molar-refractivity contribution in [1.82, 2.24) is 39.6 Å². The van der Waals surface area contributed by atoms with E-state index in [0.717, 1.165) is 76.2 Å². The van der Waals surface area contributed by atoms with E-state index in [1.165, 1.54) is 19.6 Å². The Bertz CT molecular complexity index is 3180. The summed E-state index contributed by atoms with van der Waals surface area (Å²) in [5, 5.41) is 3.78. The molecule has 5 heterocycles. The molecule has 378 valence electrons. The number of hydrogen-bond donors (Lipinski definition) is 4. The number of amides is 1. The normalized spacial score (nSPS) is 16.9. The number of methoxy groups -OCH3 is 1. The summed E-state index contributed by atoms with van der Waals surface area (Å²) in [6.45, 7) is 12.5. The first-order chi connectivity index (χ1) is 35.3. The van der Waals surface area contributed by atoms with Crippen LogP contribution in [0.1, 0.15) is 76.9 Å². The predicted molar refractivity (Wildman–Crippen MR) is 285 cm³/mol. The molecule has 1 saturated heterocycles.